The highest BCUT2D eigenvalue weighted by Gasteiger charge is 2.15. The van der Waals surface area contributed by atoms with Crippen molar-refractivity contribution in [2.45, 2.75) is 6.92 Å². The van der Waals surface area contributed by atoms with Gasteiger partial charge in [-0.1, -0.05) is 17.4 Å². The van der Waals surface area contributed by atoms with E-state index in [1.54, 1.807) is 24.3 Å². The van der Waals surface area contributed by atoms with Crippen LogP contribution in [-0.2, 0) is 0 Å². The summed E-state index contributed by atoms with van der Waals surface area (Å²) in [4.78, 5) is 34.1. The predicted molar refractivity (Wildman–Crippen MR) is 83.4 cm³/mol. The van der Waals surface area contributed by atoms with Gasteiger partial charge in [0.2, 0.25) is 0 Å². The molecule has 0 unspecified atom stereocenters. The van der Waals surface area contributed by atoms with Gasteiger partial charge in [-0.05, 0) is 31.2 Å². The lowest BCUT2D eigenvalue weighted by atomic mass is 10.2. The van der Waals surface area contributed by atoms with Gasteiger partial charge in [-0.2, -0.15) is 0 Å². The third-order valence-corrected chi connectivity index (χ3v) is 3.75. The molecule has 2 rings (SSSR count). The van der Waals surface area contributed by atoms with Crippen LogP contribution in [0, 0.1) is 10.1 Å². The second kappa shape index (κ2) is 6.81. The van der Waals surface area contributed by atoms with Gasteiger partial charge in [-0.25, -0.2) is 0 Å². The average molecular weight is 319 g/mol. The van der Waals surface area contributed by atoms with Crippen molar-refractivity contribution in [1.82, 2.24) is 5.32 Å². The molecule has 7 nitrogen and oxygen atoms in total. The molecule has 8 heteroatoms. The summed E-state index contributed by atoms with van der Waals surface area (Å²) in [7, 11) is 0. The summed E-state index contributed by atoms with van der Waals surface area (Å²) in [6, 6.07) is 9.15. The zero-order valence-electron chi connectivity index (χ0n) is 11.7. The first-order valence-electron chi connectivity index (χ1n) is 6.45. The number of nitrogens with zero attached hydrogens (tertiary/aromatic N) is 1. The molecule has 0 aliphatic carbocycles. The second-order valence-corrected chi connectivity index (χ2v) is 5.35. The molecule has 2 aromatic rings. The van der Waals surface area contributed by atoms with Gasteiger partial charge in [0.05, 0.1) is 9.80 Å². The number of amides is 2. The maximum absolute atomic E-state index is 12.0. The van der Waals surface area contributed by atoms with Gasteiger partial charge >= 0.3 is 5.00 Å². The molecule has 0 atom stereocenters. The van der Waals surface area contributed by atoms with Crippen molar-refractivity contribution in [3.63, 3.8) is 0 Å². The van der Waals surface area contributed by atoms with Crippen molar-refractivity contribution < 1.29 is 14.5 Å². The van der Waals surface area contributed by atoms with Crippen molar-refractivity contribution in [2.75, 3.05) is 11.9 Å². The third-order valence-electron chi connectivity index (χ3n) is 2.72. The van der Waals surface area contributed by atoms with E-state index in [9.17, 15) is 19.7 Å². The minimum atomic E-state index is -0.544. The van der Waals surface area contributed by atoms with Crippen LogP contribution in [0.25, 0.3) is 0 Å². The molecule has 1 aromatic carbocycles. The van der Waals surface area contributed by atoms with Crippen molar-refractivity contribution >= 4 is 33.8 Å². The molecule has 22 heavy (non-hydrogen) atoms. The molecule has 0 spiro atoms. The molecule has 1 aromatic heterocycles. The van der Waals surface area contributed by atoms with Gasteiger partial charge in [0, 0.05) is 23.9 Å². The van der Waals surface area contributed by atoms with Gasteiger partial charge in [0.1, 0.15) is 0 Å². The lowest BCUT2D eigenvalue weighted by molar-refractivity contribution is -0.380. The smallest absolute Gasteiger partial charge is 0.324 e. The van der Waals surface area contributed by atoms with Crippen molar-refractivity contribution in [2.24, 2.45) is 0 Å². The van der Waals surface area contributed by atoms with Crippen LogP contribution in [0.1, 0.15) is 27.0 Å². The van der Waals surface area contributed by atoms with E-state index in [-0.39, 0.29) is 15.8 Å². The summed E-state index contributed by atoms with van der Waals surface area (Å²) in [5.74, 6) is -0.684. The van der Waals surface area contributed by atoms with Crippen LogP contribution in [0.5, 0.6) is 0 Å². The Hall–Kier alpha value is -2.74. The Kier molecular flexibility index (Phi) is 4.84. The SMILES string of the molecule is CCNC(=O)c1cccc(NC(=O)c2ccc([N+](=O)[O-])s2)c1. The highest BCUT2D eigenvalue weighted by molar-refractivity contribution is 7.17. The number of carbonyl (C=O) groups excluding carboxylic acids is 2. The Bertz CT molecular complexity index is 726. The van der Waals surface area contributed by atoms with E-state index < -0.39 is 10.8 Å². The van der Waals surface area contributed by atoms with E-state index in [4.69, 9.17) is 0 Å². The Balaban J connectivity index is 2.12. The average Bonchev–Trinajstić information content (AvgIpc) is 2.98. The van der Waals surface area contributed by atoms with Crippen LogP contribution in [-0.4, -0.2) is 23.3 Å². The molecule has 0 aliphatic rings. The zero-order chi connectivity index (χ0) is 16.1. The summed E-state index contributed by atoms with van der Waals surface area (Å²) in [5, 5.41) is 15.8. The van der Waals surface area contributed by atoms with E-state index in [2.05, 4.69) is 10.6 Å². The lowest BCUT2D eigenvalue weighted by Gasteiger charge is -2.06. The number of nitrogens with one attached hydrogen (secondary N) is 2. The predicted octanol–water partition coefficient (Wildman–Crippen LogP) is 2.66. The highest BCUT2D eigenvalue weighted by atomic mass is 32.1. The summed E-state index contributed by atoms with van der Waals surface area (Å²) in [6.07, 6.45) is 0. The number of thiophene rings is 1. The highest BCUT2D eigenvalue weighted by Crippen LogP contribution is 2.24. The summed E-state index contributed by atoms with van der Waals surface area (Å²) in [5.41, 5.74) is 0.876. The summed E-state index contributed by atoms with van der Waals surface area (Å²) >= 11 is 0.797. The number of hydrogen-bond acceptors (Lipinski definition) is 5. The zero-order valence-corrected chi connectivity index (χ0v) is 12.5. The van der Waals surface area contributed by atoms with E-state index >= 15 is 0 Å². The number of carbonyl (C=O) groups is 2. The maximum atomic E-state index is 12.0. The third kappa shape index (κ3) is 3.67. The first-order chi connectivity index (χ1) is 10.5. The molecule has 2 amide bonds. The van der Waals surface area contributed by atoms with Gasteiger partial charge in [0.25, 0.3) is 11.8 Å². The minimum absolute atomic E-state index is 0.0961. The summed E-state index contributed by atoms with van der Waals surface area (Å²) in [6.45, 7) is 2.32. The Morgan fingerprint density at radius 2 is 2.00 bits per heavy atom. The quantitative estimate of drug-likeness (QED) is 0.653. The number of anilines is 1. The van der Waals surface area contributed by atoms with Crippen molar-refractivity contribution in [3.8, 4) is 0 Å². The fourth-order valence-corrected chi connectivity index (χ4v) is 2.46. The Labute approximate surface area is 130 Å². The number of rotatable bonds is 5. The number of hydrogen-bond donors (Lipinski definition) is 2. The minimum Gasteiger partial charge on any atom is -0.352 e. The Morgan fingerprint density at radius 1 is 1.23 bits per heavy atom. The van der Waals surface area contributed by atoms with Gasteiger partial charge < -0.3 is 10.6 Å². The van der Waals surface area contributed by atoms with E-state index in [1.807, 2.05) is 6.92 Å². The van der Waals surface area contributed by atoms with Gasteiger partial charge in [0.15, 0.2) is 0 Å². The fourth-order valence-electron chi connectivity index (χ4n) is 1.74. The maximum Gasteiger partial charge on any atom is 0.324 e. The van der Waals surface area contributed by atoms with Crippen molar-refractivity contribution in [1.29, 1.82) is 0 Å². The fraction of sp³-hybridized carbons (Fsp3) is 0.143. The topological polar surface area (TPSA) is 101 Å². The van der Waals surface area contributed by atoms with Crippen molar-refractivity contribution in [3.05, 3.63) is 57.0 Å². The molecule has 2 N–H and O–H groups in total. The number of nitro groups is 1. The largest absolute Gasteiger partial charge is 0.352 e. The molecular weight excluding hydrogens is 306 g/mol. The summed E-state index contributed by atoms with van der Waals surface area (Å²) < 4.78 is 0. The van der Waals surface area contributed by atoms with Crippen LogP contribution in [0.2, 0.25) is 0 Å². The van der Waals surface area contributed by atoms with Crippen LogP contribution in [0.4, 0.5) is 10.7 Å². The molecule has 0 saturated heterocycles. The molecule has 0 radical (unpaired) electrons. The second-order valence-electron chi connectivity index (χ2n) is 4.29. The Morgan fingerprint density at radius 3 is 2.64 bits per heavy atom. The van der Waals surface area contributed by atoms with Crippen LogP contribution < -0.4 is 10.6 Å². The lowest BCUT2D eigenvalue weighted by Crippen LogP contribution is -2.22. The van der Waals surface area contributed by atoms with E-state index in [0.717, 1.165) is 11.3 Å². The molecule has 0 bridgehead atoms. The first kappa shape index (κ1) is 15.6. The standard InChI is InChI=1S/C14H13N3O4S/c1-2-15-13(18)9-4-3-5-10(8-9)16-14(19)11-6-7-12(22-11)17(20)21/h3-8H,2H2,1H3,(H,15,18)(H,16,19). The van der Waals surface area contributed by atoms with Crippen LogP contribution >= 0.6 is 11.3 Å². The van der Waals surface area contributed by atoms with Crippen LogP contribution in [0.15, 0.2) is 36.4 Å². The van der Waals surface area contributed by atoms with Gasteiger partial charge in [-0.15, -0.1) is 0 Å². The monoisotopic (exact) mass is 319 g/mol. The molecule has 114 valence electrons. The first-order valence-corrected chi connectivity index (χ1v) is 7.26. The molecular formula is C14H13N3O4S. The molecule has 0 fully saturated rings. The molecule has 0 aliphatic heterocycles. The van der Waals surface area contributed by atoms with E-state index in [0.29, 0.717) is 17.8 Å². The number of benzene rings is 1. The normalized spacial score (nSPS) is 10.0. The van der Waals surface area contributed by atoms with E-state index in [1.165, 1.54) is 12.1 Å². The molecule has 0 saturated carbocycles. The van der Waals surface area contributed by atoms with Gasteiger partial charge in [-0.3, -0.25) is 19.7 Å². The van der Waals surface area contributed by atoms with Crippen LogP contribution in [0.3, 0.4) is 0 Å². The molecule has 1 heterocycles.